The van der Waals surface area contributed by atoms with E-state index in [4.69, 9.17) is 5.11 Å². The highest BCUT2D eigenvalue weighted by Crippen LogP contribution is 2.38. The minimum atomic E-state index is -5.76. The molecule has 0 rings (SSSR count). The van der Waals surface area contributed by atoms with Crippen molar-refractivity contribution in [1.82, 2.24) is 0 Å². The lowest BCUT2D eigenvalue weighted by atomic mass is 10.1. The maximum atomic E-state index is 12.1. The summed E-state index contributed by atoms with van der Waals surface area (Å²) < 4.78 is 58.5. The largest absolute Gasteiger partial charge is 0.480 e. The fourth-order valence-corrected chi connectivity index (χ4v) is 0.479. The van der Waals surface area contributed by atoms with E-state index in [-0.39, 0.29) is 0 Å². The maximum Gasteiger partial charge on any atom is 0.453 e. The van der Waals surface area contributed by atoms with Crippen LogP contribution < -0.4 is 5.73 Å². The van der Waals surface area contributed by atoms with Crippen LogP contribution in [0.3, 0.4) is 0 Å². The smallest absolute Gasteiger partial charge is 0.453 e. The Labute approximate surface area is 69.3 Å². The van der Waals surface area contributed by atoms with E-state index in [0.717, 1.165) is 0 Å². The lowest BCUT2D eigenvalue weighted by Gasteiger charge is -2.20. The van der Waals surface area contributed by atoms with Gasteiger partial charge in [0, 0.05) is 6.42 Å². The molecule has 0 saturated carbocycles. The predicted octanol–water partition coefficient (Wildman–Crippen LogP) is 0.986. The van der Waals surface area contributed by atoms with E-state index in [2.05, 4.69) is 5.73 Å². The van der Waals surface area contributed by atoms with Crippen LogP contribution in [0.2, 0.25) is 0 Å². The highest BCUT2D eigenvalue weighted by Gasteiger charge is 2.58. The van der Waals surface area contributed by atoms with Crippen LogP contribution >= 0.6 is 0 Å². The van der Waals surface area contributed by atoms with Gasteiger partial charge in [0.25, 0.3) is 0 Å². The number of carboxylic acid groups (broad SMARTS) is 1. The van der Waals surface area contributed by atoms with E-state index in [1.807, 2.05) is 0 Å². The Morgan fingerprint density at radius 1 is 1.31 bits per heavy atom. The van der Waals surface area contributed by atoms with Crippen molar-refractivity contribution in [3.05, 3.63) is 0 Å². The molecule has 0 aliphatic rings. The molecule has 3 N–H and O–H groups in total. The van der Waals surface area contributed by atoms with Crippen molar-refractivity contribution in [2.75, 3.05) is 0 Å². The first-order valence-electron chi connectivity index (χ1n) is 3.01. The Bertz CT molecular complexity index is 202. The van der Waals surface area contributed by atoms with Gasteiger partial charge in [-0.05, 0) is 0 Å². The molecule has 3 nitrogen and oxygen atoms in total. The van der Waals surface area contributed by atoms with Crippen LogP contribution in [0.4, 0.5) is 22.0 Å². The van der Waals surface area contributed by atoms with Crippen LogP contribution in [0.1, 0.15) is 6.42 Å². The van der Waals surface area contributed by atoms with E-state index in [0.29, 0.717) is 0 Å². The first-order valence-corrected chi connectivity index (χ1v) is 3.01. The molecule has 78 valence electrons. The third-order valence-electron chi connectivity index (χ3n) is 1.21. The molecular formula is C5H6F5NO2. The molecule has 0 amide bonds. The number of hydrogen-bond donors (Lipinski definition) is 2. The Balaban J connectivity index is 4.43. The second kappa shape index (κ2) is 3.44. The van der Waals surface area contributed by atoms with Crippen LogP contribution in [-0.4, -0.2) is 29.2 Å². The fourth-order valence-electron chi connectivity index (χ4n) is 0.479. The number of carbonyl (C=O) groups is 1. The number of hydrogen-bond acceptors (Lipinski definition) is 2. The van der Waals surface area contributed by atoms with Gasteiger partial charge < -0.3 is 10.8 Å². The summed E-state index contributed by atoms with van der Waals surface area (Å²) in [7, 11) is 0. The predicted molar refractivity (Wildman–Crippen MR) is 31.2 cm³/mol. The van der Waals surface area contributed by atoms with Crippen molar-refractivity contribution in [3.8, 4) is 0 Å². The summed E-state index contributed by atoms with van der Waals surface area (Å²) in [6.45, 7) is 0. The number of halogens is 5. The molecule has 13 heavy (non-hydrogen) atoms. The molecule has 8 heteroatoms. The average Bonchev–Trinajstić information content (AvgIpc) is 1.83. The van der Waals surface area contributed by atoms with Crippen molar-refractivity contribution in [1.29, 1.82) is 0 Å². The number of rotatable bonds is 3. The Hall–Kier alpha value is -0.920. The molecule has 0 fully saturated rings. The van der Waals surface area contributed by atoms with Gasteiger partial charge in [-0.25, -0.2) is 0 Å². The van der Waals surface area contributed by atoms with Gasteiger partial charge in [0.05, 0.1) is 0 Å². The van der Waals surface area contributed by atoms with Crippen molar-refractivity contribution >= 4 is 5.97 Å². The molecule has 0 heterocycles. The normalized spacial score (nSPS) is 15.5. The highest BCUT2D eigenvalue weighted by atomic mass is 19.4. The van der Waals surface area contributed by atoms with Gasteiger partial charge in [-0.1, -0.05) is 0 Å². The lowest BCUT2D eigenvalue weighted by molar-refractivity contribution is -0.285. The van der Waals surface area contributed by atoms with Gasteiger partial charge >= 0.3 is 18.1 Å². The van der Waals surface area contributed by atoms with Gasteiger partial charge in [0.15, 0.2) is 0 Å². The quantitative estimate of drug-likeness (QED) is 0.678. The third kappa shape index (κ3) is 3.13. The summed E-state index contributed by atoms with van der Waals surface area (Å²) >= 11 is 0. The Morgan fingerprint density at radius 3 is 1.92 bits per heavy atom. The maximum absolute atomic E-state index is 12.1. The van der Waals surface area contributed by atoms with E-state index in [1.54, 1.807) is 0 Å². The second-order valence-corrected chi connectivity index (χ2v) is 2.35. The van der Waals surface area contributed by atoms with Crippen LogP contribution in [0.15, 0.2) is 0 Å². The topological polar surface area (TPSA) is 63.3 Å². The molecule has 0 bridgehead atoms. The van der Waals surface area contributed by atoms with Gasteiger partial charge in [0.1, 0.15) is 6.04 Å². The summed E-state index contributed by atoms with van der Waals surface area (Å²) in [6.07, 6.45) is -7.72. The number of nitrogens with two attached hydrogens (primary N) is 1. The van der Waals surface area contributed by atoms with E-state index < -0.39 is 30.5 Å². The third-order valence-corrected chi connectivity index (χ3v) is 1.21. The molecule has 0 aliphatic heterocycles. The molecule has 0 aromatic rings. The summed E-state index contributed by atoms with van der Waals surface area (Å²) in [5.41, 5.74) is 4.52. The van der Waals surface area contributed by atoms with E-state index >= 15 is 0 Å². The summed E-state index contributed by atoms with van der Waals surface area (Å²) in [5.74, 6) is -6.96. The van der Waals surface area contributed by atoms with Crippen molar-refractivity contribution in [2.24, 2.45) is 5.73 Å². The Kier molecular flexibility index (Phi) is 3.20. The van der Waals surface area contributed by atoms with Crippen molar-refractivity contribution in [3.63, 3.8) is 0 Å². The molecule has 0 radical (unpaired) electrons. The summed E-state index contributed by atoms with van der Waals surface area (Å²) in [5, 5.41) is 7.99. The Morgan fingerprint density at radius 2 is 1.69 bits per heavy atom. The van der Waals surface area contributed by atoms with Crippen LogP contribution in [0.25, 0.3) is 0 Å². The first-order chi connectivity index (χ1) is 5.58. The highest BCUT2D eigenvalue weighted by molar-refractivity contribution is 5.73. The summed E-state index contributed by atoms with van der Waals surface area (Å²) in [4.78, 5) is 9.88. The average molecular weight is 207 g/mol. The van der Waals surface area contributed by atoms with Crippen molar-refractivity contribution < 1.29 is 31.9 Å². The van der Waals surface area contributed by atoms with Gasteiger partial charge in [-0.3, -0.25) is 4.79 Å². The zero-order chi connectivity index (χ0) is 10.9. The lowest BCUT2D eigenvalue weighted by Crippen LogP contribution is -2.44. The van der Waals surface area contributed by atoms with Gasteiger partial charge in [-0.15, -0.1) is 0 Å². The molecule has 0 saturated heterocycles. The molecule has 0 unspecified atom stereocenters. The molecular weight excluding hydrogens is 201 g/mol. The van der Waals surface area contributed by atoms with Crippen LogP contribution in [0, 0.1) is 0 Å². The molecule has 0 aromatic carbocycles. The minimum Gasteiger partial charge on any atom is -0.480 e. The summed E-state index contributed by atoms with van der Waals surface area (Å²) in [6, 6.07) is -2.23. The standard InChI is InChI=1S/C5H6F5NO2/c6-4(7,5(8,9)10)1-2(11)3(12)13/h2H,1,11H2,(H,12,13)/t2-/m0/s1. The SMILES string of the molecule is N[C@@H](CC(F)(F)C(F)(F)F)C(=O)O. The minimum absolute atomic E-state index is 1.90. The van der Waals surface area contributed by atoms with Crippen LogP contribution in [-0.2, 0) is 4.79 Å². The molecule has 0 spiro atoms. The van der Waals surface area contributed by atoms with E-state index in [9.17, 15) is 26.7 Å². The monoisotopic (exact) mass is 207 g/mol. The number of aliphatic carboxylic acids is 1. The number of carboxylic acids is 1. The zero-order valence-corrected chi connectivity index (χ0v) is 6.11. The first kappa shape index (κ1) is 12.1. The second-order valence-electron chi connectivity index (χ2n) is 2.35. The number of alkyl halides is 5. The van der Waals surface area contributed by atoms with Gasteiger partial charge in [-0.2, -0.15) is 22.0 Å². The van der Waals surface area contributed by atoms with Crippen LogP contribution in [0.5, 0.6) is 0 Å². The fraction of sp³-hybridized carbons (Fsp3) is 0.800. The zero-order valence-electron chi connectivity index (χ0n) is 6.11. The van der Waals surface area contributed by atoms with Crippen molar-refractivity contribution in [2.45, 2.75) is 24.6 Å². The molecule has 0 aliphatic carbocycles. The molecule has 1 atom stereocenters. The molecule has 0 aromatic heterocycles. The van der Waals surface area contributed by atoms with E-state index in [1.165, 1.54) is 0 Å². The van der Waals surface area contributed by atoms with Gasteiger partial charge in [0.2, 0.25) is 0 Å².